The van der Waals surface area contributed by atoms with E-state index in [2.05, 4.69) is 9.98 Å². The second-order valence-electron chi connectivity index (χ2n) is 6.12. The summed E-state index contributed by atoms with van der Waals surface area (Å²) in [4.78, 5) is 9.30. The Balaban J connectivity index is 2.18. The van der Waals surface area contributed by atoms with Crippen LogP contribution in [0, 0.1) is 11.8 Å². The van der Waals surface area contributed by atoms with E-state index in [-0.39, 0.29) is 0 Å². The van der Waals surface area contributed by atoms with Crippen molar-refractivity contribution in [1.82, 2.24) is 0 Å². The normalized spacial score (nSPS) is 24.1. The summed E-state index contributed by atoms with van der Waals surface area (Å²) in [7, 11) is 0. The van der Waals surface area contributed by atoms with Crippen LogP contribution in [0.4, 0.5) is 0 Å². The van der Waals surface area contributed by atoms with E-state index < -0.39 is 0 Å². The van der Waals surface area contributed by atoms with Crippen molar-refractivity contribution in [3.8, 4) is 0 Å². The Labute approximate surface area is 123 Å². The Morgan fingerprint density at radius 3 is 1.30 bits per heavy atom. The van der Waals surface area contributed by atoms with E-state index in [0.29, 0.717) is 25.2 Å². The van der Waals surface area contributed by atoms with Gasteiger partial charge in [0.1, 0.15) is 0 Å². The van der Waals surface area contributed by atoms with Gasteiger partial charge >= 0.3 is 0 Å². The van der Waals surface area contributed by atoms with E-state index >= 15 is 0 Å². The minimum absolute atomic E-state index is 0.377. The van der Waals surface area contributed by atoms with Gasteiger partial charge in [-0.2, -0.15) is 0 Å². The molecule has 2 rings (SSSR count). The number of hydrogen-bond acceptors (Lipinski definition) is 4. The van der Waals surface area contributed by atoms with Gasteiger partial charge in [0.2, 0.25) is 0 Å². The van der Waals surface area contributed by atoms with E-state index in [9.17, 15) is 0 Å². The minimum atomic E-state index is 0.377. The molecule has 0 unspecified atom stereocenters. The van der Waals surface area contributed by atoms with E-state index in [1.165, 1.54) is 75.6 Å². The van der Waals surface area contributed by atoms with Crippen molar-refractivity contribution >= 4 is 11.4 Å². The van der Waals surface area contributed by atoms with E-state index in [4.69, 9.17) is 11.5 Å². The molecule has 20 heavy (non-hydrogen) atoms. The first-order chi connectivity index (χ1) is 9.86. The molecule has 0 aromatic heterocycles. The molecule has 2 aliphatic carbocycles. The standard InChI is InChI=1S/C16H30N4/c17-11-19-15(13-7-3-1-4-8-13)16(20-12-18)14-9-5-2-6-10-14/h13-14H,1-12,17-18H2/b19-15+,20-16+. The van der Waals surface area contributed by atoms with Gasteiger partial charge in [0.05, 0.1) is 24.8 Å². The predicted molar refractivity (Wildman–Crippen MR) is 86.1 cm³/mol. The predicted octanol–water partition coefficient (Wildman–Crippen LogP) is 2.86. The third-order valence-corrected chi connectivity index (χ3v) is 4.77. The Bertz CT molecular complexity index is 302. The van der Waals surface area contributed by atoms with Crippen molar-refractivity contribution in [2.75, 3.05) is 13.3 Å². The van der Waals surface area contributed by atoms with E-state index in [1.807, 2.05) is 0 Å². The zero-order chi connectivity index (χ0) is 14.2. The van der Waals surface area contributed by atoms with Crippen molar-refractivity contribution in [2.45, 2.75) is 64.2 Å². The average Bonchev–Trinajstić information content (AvgIpc) is 2.52. The smallest absolute Gasteiger partial charge is 0.0863 e. The summed E-state index contributed by atoms with van der Waals surface area (Å²) in [6.45, 7) is 0.754. The number of nitrogens with two attached hydrogens (primary N) is 2. The summed E-state index contributed by atoms with van der Waals surface area (Å²) in [5.41, 5.74) is 13.8. The Morgan fingerprint density at radius 2 is 1.00 bits per heavy atom. The Hall–Kier alpha value is -0.740. The molecule has 0 spiro atoms. The van der Waals surface area contributed by atoms with E-state index in [0.717, 1.165) is 0 Å². The first-order valence-electron chi connectivity index (χ1n) is 8.36. The van der Waals surface area contributed by atoms with Crippen LogP contribution in [0.25, 0.3) is 0 Å². The first kappa shape index (κ1) is 15.6. The lowest BCUT2D eigenvalue weighted by atomic mass is 9.77. The van der Waals surface area contributed by atoms with Gasteiger partial charge in [0.25, 0.3) is 0 Å². The van der Waals surface area contributed by atoms with Crippen LogP contribution < -0.4 is 11.5 Å². The third-order valence-electron chi connectivity index (χ3n) is 4.77. The maximum Gasteiger partial charge on any atom is 0.0863 e. The second-order valence-corrected chi connectivity index (χ2v) is 6.12. The molecule has 2 saturated carbocycles. The van der Waals surface area contributed by atoms with Gasteiger partial charge < -0.3 is 11.5 Å². The molecule has 0 radical (unpaired) electrons. The average molecular weight is 278 g/mol. The Kier molecular flexibility index (Phi) is 6.67. The van der Waals surface area contributed by atoms with Crippen LogP contribution in [-0.2, 0) is 0 Å². The topological polar surface area (TPSA) is 76.8 Å². The second kappa shape index (κ2) is 8.53. The molecular formula is C16H30N4. The fourth-order valence-corrected chi connectivity index (χ4v) is 3.79. The van der Waals surface area contributed by atoms with Gasteiger partial charge in [0, 0.05) is 11.8 Å². The zero-order valence-corrected chi connectivity index (χ0v) is 12.7. The number of hydrogen-bond donors (Lipinski definition) is 2. The quantitative estimate of drug-likeness (QED) is 0.759. The molecule has 0 aliphatic heterocycles. The van der Waals surface area contributed by atoms with Gasteiger partial charge in [-0.1, -0.05) is 38.5 Å². The van der Waals surface area contributed by atoms with Gasteiger partial charge in [-0.15, -0.1) is 0 Å². The van der Waals surface area contributed by atoms with Gasteiger partial charge in [-0.3, -0.25) is 9.98 Å². The van der Waals surface area contributed by atoms with Gasteiger partial charge in [-0.05, 0) is 25.7 Å². The van der Waals surface area contributed by atoms with Crippen LogP contribution in [0.5, 0.6) is 0 Å². The van der Waals surface area contributed by atoms with Crippen LogP contribution in [0.2, 0.25) is 0 Å². The summed E-state index contributed by atoms with van der Waals surface area (Å²) in [5.74, 6) is 1.14. The minimum Gasteiger partial charge on any atom is -0.312 e. The lowest BCUT2D eigenvalue weighted by Gasteiger charge is -2.30. The number of rotatable bonds is 5. The summed E-state index contributed by atoms with van der Waals surface area (Å²) in [5, 5.41) is 0. The summed E-state index contributed by atoms with van der Waals surface area (Å²) < 4.78 is 0. The molecular weight excluding hydrogens is 248 g/mol. The molecule has 2 aliphatic rings. The fourth-order valence-electron chi connectivity index (χ4n) is 3.79. The van der Waals surface area contributed by atoms with Crippen LogP contribution in [0.1, 0.15) is 64.2 Å². The fraction of sp³-hybridized carbons (Fsp3) is 0.875. The molecule has 4 N–H and O–H groups in total. The monoisotopic (exact) mass is 278 g/mol. The van der Waals surface area contributed by atoms with Crippen molar-refractivity contribution in [3.05, 3.63) is 0 Å². The molecule has 0 aromatic carbocycles. The van der Waals surface area contributed by atoms with Crippen LogP contribution in [-0.4, -0.2) is 24.8 Å². The van der Waals surface area contributed by atoms with Crippen molar-refractivity contribution in [1.29, 1.82) is 0 Å². The summed E-state index contributed by atoms with van der Waals surface area (Å²) >= 11 is 0. The largest absolute Gasteiger partial charge is 0.312 e. The lowest BCUT2D eigenvalue weighted by molar-refractivity contribution is 0.428. The zero-order valence-electron chi connectivity index (χ0n) is 12.7. The highest BCUT2D eigenvalue weighted by molar-refractivity contribution is 6.43. The lowest BCUT2D eigenvalue weighted by Crippen LogP contribution is -2.34. The van der Waals surface area contributed by atoms with Crippen LogP contribution >= 0.6 is 0 Å². The molecule has 0 bridgehead atoms. The maximum atomic E-state index is 5.73. The van der Waals surface area contributed by atoms with E-state index in [1.54, 1.807) is 0 Å². The molecule has 4 nitrogen and oxygen atoms in total. The van der Waals surface area contributed by atoms with Gasteiger partial charge in [0.15, 0.2) is 0 Å². The first-order valence-corrected chi connectivity index (χ1v) is 8.36. The molecule has 0 aromatic rings. The van der Waals surface area contributed by atoms with Crippen LogP contribution in [0.15, 0.2) is 9.98 Å². The maximum absolute atomic E-state index is 5.73. The Morgan fingerprint density at radius 1 is 0.650 bits per heavy atom. The summed E-state index contributed by atoms with van der Waals surface area (Å²) in [6.07, 6.45) is 13.0. The van der Waals surface area contributed by atoms with Crippen molar-refractivity contribution in [2.24, 2.45) is 33.3 Å². The van der Waals surface area contributed by atoms with Crippen molar-refractivity contribution < 1.29 is 0 Å². The molecule has 114 valence electrons. The SMILES string of the molecule is NC/N=C(/C(=N/CN)C1CCCCC1)C1CCCCC1. The number of nitrogens with zero attached hydrogens (tertiary/aromatic N) is 2. The molecule has 4 heteroatoms. The molecule has 0 atom stereocenters. The summed E-state index contributed by atoms with van der Waals surface area (Å²) in [6, 6.07) is 0. The molecule has 0 saturated heterocycles. The number of aliphatic imine (C=N–C) groups is 2. The highest BCUT2D eigenvalue weighted by Crippen LogP contribution is 2.31. The highest BCUT2D eigenvalue weighted by Gasteiger charge is 2.28. The molecule has 0 amide bonds. The van der Waals surface area contributed by atoms with Gasteiger partial charge in [-0.25, -0.2) is 0 Å². The molecule has 2 fully saturated rings. The molecule has 0 heterocycles. The third kappa shape index (κ3) is 4.13. The van der Waals surface area contributed by atoms with Crippen LogP contribution in [0.3, 0.4) is 0 Å². The highest BCUT2D eigenvalue weighted by atomic mass is 14.9. The van der Waals surface area contributed by atoms with Crippen molar-refractivity contribution in [3.63, 3.8) is 0 Å².